The Morgan fingerprint density at radius 1 is 0.413 bits per heavy atom. The van der Waals surface area contributed by atoms with Gasteiger partial charge in [0.25, 0.3) is 0 Å². The highest BCUT2D eigenvalue weighted by Gasteiger charge is 2.39. The molecular formula is C96H138N4O15S6. The minimum Gasteiger partial charge on any atom is -0.494 e. The third-order valence-electron chi connectivity index (χ3n) is 18.8. The molecule has 0 bridgehead atoms. The average Bonchev–Trinajstić information content (AvgIpc) is 1.66. The zero-order valence-electron chi connectivity index (χ0n) is 77.6. The van der Waals surface area contributed by atoms with Crippen molar-refractivity contribution in [3.8, 4) is 17.2 Å². The molecule has 19 nitrogen and oxygen atoms in total. The molecule has 668 valence electrons. The van der Waals surface area contributed by atoms with Crippen molar-refractivity contribution in [3.05, 3.63) is 256 Å². The van der Waals surface area contributed by atoms with Crippen LogP contribution in [0.2, 0.25) is 0 Å². The number of nitrogens with zero attached hydrogens (tertiary/aromatic N) is 4. The summed E-state index contributed by atoms with van der Waals surface area (Å²) in [5.74, 6) is 3.36. The van der Waals surface area contributed by atoms with E-state index in [9.17, 15) is 50.5 Å². The van der Waals surface area contributed by atoms with Crippen molar-refractivity contribution in [1.82, 2.24) is 14.7 Å². The lowest BCUT2D eigenvalue weighted by Crippen LogP contribution is -2.33. The Balaban J connectivity index is 0.000000360. The Kier molecular flexibility index (Phi) is 38.3. The number of aliphatic imine (C=N–C) groups is 1. The van der Waals surface area contributed by atoms with Crippen molar-refractivity contribution >= 4 is 64.7 Å². The summed E-state index contributed by atoms with van der Waals surface area (Å²) in [4.78, 5) is 9.55. The smallest absolute Gasteiger partial charge is 0.202 e. The molecule has 2 aromatic heterocycles. The number of imidazole rings is 1. The predicted octanol–water partition coefficient (Wildman–Crippen LogP) is 22.5. The fraction of sp³-hybridized carbons (Fsp3) is 0.469. The van der Waals surface area contributed by atoms with Gasteiger partial charge in [0.1, 0.15) is 28.0 Å². The number of sulfone groups is 6. The van der Waals surface area contributed by atoms with E-state index in [4.69, 9.17) is 14.0 Å². The quantitative estimate of drug-likeness (QED) is 0.0922. The van der Waals surface area contributed by atoms with Crippen LogP contribution < -0.4 is 9.47 Å². The summed E-state index contributed by atoms with van der Waals surface area (Å²) in [6, 6.07) is 63.1. The molecule has 0 N–H and O–H groups in total. The monoisotopic (exact) mass is 1780 g/mol. The van der Waals surface area contributed by atoms with E-state index in [0.717, 1.165) is 53.2 Å². The molecule has 0 unspecified atom stereocenters. The fourth-order valence-corrected chi connectivity index (χ4v) is 18.7. The summed E-state index contributed by atoms with van der Waals surface area (Å²) in [7, 11) is -17.8. The minimum atomic E-state index is -3.35. The number of aryl methyl sites for hydroxylation is 5. The maximum atomic E-state index is 12.6. The van der Waals surface area contributed by atoms with Gasteiger partial charge in [0, 0.05) is 19.2 Å². The van der Waals surface area contributed by atoms with Gasteiger partial charge in [-0.15, -0.1) is 0 Å². The molecule has 0 fully saturated rings. The van der Waals surface area contributed by atoms with Crippen molar-refractivity contribution in [2.24, 2.45) is 22.9 Å². The van der Waals surface area contributed by atoms with Crippen molar-refractivity contribution < 1.29 is 64.5 Å². The summed E-state index contributed by atoms with van der Waals surface area (Å²) in [5, 5.41) is 3.80. The van der Waals surface area contributed by atoms with Gasteiger partial charge in [-0.25, -0.2) is 55.5 Å². The molecule has 1 aliphatic heterocycles. The lowest BCUT2D eigenvalue weighted by atomic mass is 9.88. The summed E-state index contributed by atoms with van der Waals surface area (Å²) in [5.41, 5.74) is 7.27. The number of allylic oxidation sites excluding steroid dienone is 1. The molecule has 3 heterocycles. The number of rotatable bonds is 15. The van der Waals surface area contributed by atoms with Crippen LogP contribution in [0, 0.1) is 38.5 Å². The van der Waals surface area contributed by atoms with E-state index in [-0.39, 0.29) is 21.6 Å². The summed E-state index contributed by atoms with van der Waals surface area (Å²) in [6.45, 7) is 56.0. The third-order valence-corrected chi connectivity index (χ3v) is 34.3. The highest BCUT2D eigenvalue weighted by molar-refractivity contribution is 7.97. The number of para-hydroxylation sites is 2. The minimum absolute atomic E-state index is 0.128. The molecule has 0 saturated heterocycles. The Labute approximate surface area is 728 Å². The third kappa shape index (κ3) is 32.7. The second-order valence-corrected chi connectivity index (χ2v) is 54.3. The zero-order valence-corrected chi connectivity index (χ0v) is 82.5. The molecule has 0 saturated carbocycles. The Hall–Kier alpha value is -8.33. The largest absolute Gasteiger partial charge is 0.494 e. The lowest BCUT2D eigenvalue weighted by molar-refractivity contribution is 0.243. The highest BCUT2D eigenvalue weighted by Crippen LogP contribution is 2.35. The van der Waals surface area contributed by atoms with Gasteiger partial charge in [-0.05, 0) is 273 Å². The molecule has 0 radical (unpaired) electrons. The van der Waals surface area contributed by atoms with Gasteiger partial charge in [-0.3, -0.25) is 4.99 Å². The van der Waals surface area contributed by atoms with Crippen LogP contribution in [0.5, 0.6) is 17.2 Å². The van der Waals surface area contributed by atoms with E-state index in [1.54, 1.807) is 207 Å². The van der Waals surface area contributed by atoms with Crippen molar-refractivity contribution in [2.45, 2.75) is 275 Å². The van der Waals surface area contributed by atoms with Crippen molar-refractivity contribution in [2.75, 3.05) is 18.9 Å². The van der Waals surface area contributed by atoms with Crippen LogP contribution in [0.25, 0.3) is 0 Å². The van der Waals surface area contributed by atoms with Gasteiger partial charge in [0.15, 0.2) is 60.0 Å². The van der Waals surface area contributed by atoms with Crippen LogP contribution in [0.15, 0.2) is 246 Å². The summed E-state index contributed by atoms with van der Waals surface area (Å²) < 4.78 is 159. The summed E-state index contributed by atoms with van der Waals surface area (Å²) in [6.07, 6.45) is 3.80. The van der Waals surface area contributed by atoms with Crippen molar-refractivity contribution in [1.29, 1.82) is 0 Å². The van der Waals surface area contributed by atoms with Gasteiger partial charge in [-0.2, -0.15) is 0 Å². The van der Waals surface area contributed by atoms with Crippen LogP contribution in [0.4, 0.5) is 0 Å². The highest BCUT2D eigenvalue weighted by atomic mass is 32.2. The van der Waals surface area contributed by atoms with Crippen molar-refractivity contribution in [3.63, 3.8) is 0 Å². The second kappa shape index (κ2) is 43.3. The van der Waals surface area contributed by atoms with Crippen LogP contribution in [-0.2, 0) is 72.5 Å². The Morgan fingerprint density at radius 3 is 1.12 bits per heavy atom. The Bertz CT molecular complexity index is 5440. The first kappa shape index (κ1) is 107. The standard InChI is InChI=1S/C18H22O2S.C16H18O3S.C12H18O.C11H16O2S.C11H16.C10H17NO2S.C9H16N2O2S.C9H15NO3S/c1-18(2,3)21(19,20)14-17(15-10-6-4-7-11-15)16-12-8-5-9-13-16;1-16(2,3)20(17,18)15-11-9-14(10-12-15)19-13-7-5-4-6-8-13;1-12(2,3)9-10-13-11-7-5-4-6-8-11;1-9-5-7-10(8-6-9)14(12,13)11(2,3)4;1-11(2,3)9-10-7-5-4-6-8-10;1-7-6-11-8(2)9(7)14(12,13)10(3,4)5;1-7-10-8(6-11(7)5)14(12,13)9(2,3)4;1-6-8(7(2)13-10-6)14(11,12)9(3,4)5/h4-13,17H,14H2,1-3H3;4-12H,1-3H3;4-8H,9-10H2,1-3H3;5-8H,1-4H3;4-8H,9H2,1-3H3;6H2,1-5H3;6H,1-5H3;1-5H3. The van der Waals surface area contributed by atoms with E-state index in [0.29, 0.717) is 60.8 Å². The Morgan fingerprint density at radius 2 is 0.785 bits per heavy atom. The van der Waals surface area contributed by atoms with E-state index in [1.165, 1.54) is 5.56 Å². The van der Waals surface area contributed by atoms with Crippen LogP contribution in [0.3, 0.4) is 0 Å². The predicted molar refractivity (Wildman–Crippen MR) is 499 cm³/mol. The molecular weight excluding hydrogens is 1640 g/mol. The van der Waals surface area contributed by atoms with E-state index in [2.05, 4.69) is 87.0 Å². The molecule has 0 spiro atoms. The van der Waals surface area contributed by atoms with Gasteiger partial charge in [0.05, 0.1) is 73.5 Å². The first-order chi connectivity index (χ1) is 55.0. The lowest BCUT2D eigenvalue weighted by Gasteiger charge is -2.24. The molecule has 0 amide bonds. The number of ether oxygens (including phenoxy) is 2. The summed E-state index contributed by atoms with van der Waals surface area (Å²) >= 11 is 0. The SMILES string of the molecule is CC(C)(C)CCOc1ccccc1.CC(C)(C)Cc1ccccc1.CC(C)(C)S(=O)(=O)CC(c1ccccc1)c1ccccc1.CC(C)(C)S(=O)(=O)c1ccc(Oc2ccccc2)cc1.CC1=NCC(C)=C1S(=O)(=O)C(C)(C)C.Cc1ccc(S(=O)(=O)C(C)(C)C)cc1.Cc1nc(S(=O)(=O)C(C)(C)C)cn1C.Cc1noc(C)c1S(=O)(=O)C(C)(C)C. The van der Waals surface area contributed by atoms with Gasteiger partial charge < -0.3 is 18.6 Å². The number of aromatic nitrogens is 3. The van der Waals surface area contributed by atoms with Crippen LogP contribution in [0.1, 0.15) is 232 Å². The molecule has 1 aliphatic rings. The number of benzene rings is 7. The van der Waals surface area contributed by atoms with Gasteiger partial charge in [-0.1, -0.05) is 192 Å². The molecule has 25 heteroatoms. The molecule has 0 aliphatic carbocycles. The topological polar surface area (TPSA) is 280 Å². The average molecular weight is 1780 g/mol. The molecule has 121 heavy (non-hydrogen) atoms. The van der Waals surface area contributed by atoms with Gasteiger partial charge >= 0.3 is 0 Å². The first-order valence-electron chi connectivity index (χ1n) is 40.3. The molecule has 0 atom stereocenters. The number of hydrogen-bond acceptors (Lipinski definition) is 18. The van der Waals surface area contributed by atoms with E-state index < -0.39 is 87.5 Å². The second-order valence-electron chi connectivity index (χ2n) is 38.1. The molecule has 7 aromatic carbocycles. The maximum Gasteiger partial charge on any atom is 0.202 e. The van der Waals surface area contributed by atoms with E-state index in [1.807, 2.05) is 147 Å². The van der Waals surface area contributed by atoms with Crippen LogP contribution in [-0.4, -0.2) is 118 Å². The van der Waals surface area contributed by atoms with E-state index >= 15 is 0 Å². The first-order valence-corrected chi connectivity index (χ1v) is 49.4. The maximum absolute atomic E-state index is 12.6. The van der Waals surface area contributed by atoms with Crippen LogP contribution >= 0.6 is 0 Å². The molecule has 10 rings (SSSR count). The molecule has 9 aromatic rings. The zero-order chi connectivity index (χ0) is 92.8. The normalized spacial score (nSPS) is 13.2. The number of hydrogen-bond donors (Lipinski definition) is 0. The fourth-order valence-electron chi connectivity index (χ4n) is 10.7. The van der Waals surface area contributed by atoms with Gasteiger partial charge in [0.2, 0.25) is 9.84 Å².